The van der Waals surface area contributed by atoms with Crippen molar-refractivity contribution in [1.82, 2.24) is 5.32 Å². The van der Waals surface area contributed by atoms with Gasteiger partial charge in [-0.15, -0.1) is 0 Å². The molecule has 3 nitrogen and oxygen atoms in total. The number of hydrogen-bond donors (Lipinski definition) is 2. The van der Waals surface area contributed by atoms with Crippen LogP contribution < -0.4 is 5.32 Å². The van der Waals surface area contributed by atoms with Crippen molar-refractivity contribution in [3.8, 4) is 5.75 Å². The maximum atomic E-state index is 12.6. The molecule has 1 fully saturated rings. The van der Waals surface area contributed by atoms with Gasteiger partial charge in [0.15, 0.2) is 0 Å². The van der Waals surface area contributed by atoms with Gasteiger partial charge in [-0.3, -0.25) is 4.79 Å². The maximum absolute atomic E-state index is 12.6. The van der Waals surface area contributed by atoms with E-state index in [9.17, 15) is 9.90 Å². The number of nitrogens with one attached hydrogen (secondary N) is 1. The molecular formula is C17H25NO2. The van der Waals surface area contributed by atoms with Crippen LogP contribution in [0.4, 0.5) is 0 Å². The summed E-state index contributed by atoms with van der Waals surface area (Å²) in [6, 6.07) is 7.06. The Morgan fingerprint density at radius 1 is 1.35 bits per heavy atom. The van der Waals surface area contributed by atoms with E-state index in [0.29, 0.717) is 12.5 Å². The zero-order chi connectivity index (χ0) is 14.6. The van der Waals surface area contributed by atoms with Crippen molar-refractivity contribution in [2.75, 3.05) is 0 Å². The molecule has 0 bridgehead atoms. The van der Waals surface area contributed by atoms with Crippen molar-refractivity contribution in [1.29, 1.82) is 0 Å². The fraction of sp³-hybridized carbons (Fsp3) is 0.588. The average Bonchev–Trinajstić information content (AvgIpc) is 2.85. The molecule has 2 N–H and O–H groups in total. The molecule has 0 unspecified atom stereocenters. The van der Waals surface area contributed by atoms with Gasteiger partial charge in [-0.2, -0.15) is 0 Å². The molecule has 0 atom stereocenters. The first-order valence-corrected chi connectivity index (χ1v) is 7.58. The summed E-state index contributed by atoms with van der Waals surface area (Å²) in [5.74, 6) is 0.973. The molecule has 3 heteroatoms. The number of amides is 1. The van der Waals surface area contributed by atoms with Crippen LogP contribution in [0.15, 0.2) is 24.3 Å². The summed E-state index contributed by atoms with van der Waals surface area (Å²) in [5.41, 5.74) is 0.779. The van der Waals surface area contributed by atoms with Gasteiger partial charge in [-0.05, 0) is 42.9 Å². The molecule has 0 spiro atoms. The molecule has 0 heterocycles. The molecule has 1 aliphatic carbocycles. The summed E-state index contributed by atoms with van der Waals surface area (Å²) in [7, 11) is 0. The molecule has 0 aromatic heterocycles. The fourth-order valence-electron chi connectivity index (χ4n) is 3.39. The first-order valence-electron chi connectivity index (χ1n) is 7.58. The van der Waals surface area contributed by atoms with Crippen LogP contribution in [0.3, 0.4) is 0 Å². The third-order valence-electron chi connectivity index (χ3n) is 4.20. The van der Waals surface area contributed by atoms with E-state index in [1.165, 1.54) is 0 Å². The molecule has 1 saturated carbocycles. The number of carbonyl (C=O) groups is 1. The highest BCUT2D eigenvalue weighted by molar-refractivity contribution is 5.82. The second-order valence-corrected chi connectivity index (χ2v) is 6.44. The van der Waals surface area contributed by atoms with E-state index < -0.39 is 0 Å². The molecule has 1 aromatic rings. The minimum absolute atomic E-state index is 0.162. The number of rotatable bonds is 5. The maximum Gasteiger partial charge on any atom is 0.226 e. The Kier molecular flexibility index (Phi) is 4.69. The van der Waals surface area contributed by atoms with E-state index in [1.807, 2.05) is 6.07 Å². The highest BCUT2D eigenvalue weighted by atomic mass is 16.3. The zero-order valence-electron chi connectivity index (χ0n) is 12.5. The van der Waals surface area contributed by atoms with Crippen molar-refractivity contribution in [2.45, 2.75) is 52.5 Å². The lowest BCUT2D eigenvalue weighted by molar-refractivity contribution is -0.132. The second-order valence-electron chi connectivity index (χ2n) is 6.44. The van der Waals surface area contributed by atoms with Crippen LogP contribution in [-0.2, 0) is 11.3 Å². The molecule has 1 aliphatic rings. The van der Waals surface area contributed by atoms with Crippen LogP contribution in [0.2, 0.25) is 0 Å². The van der Waals surface area contributed by atoms with Gasteiger partial charge in [-0.1, -0.05) is 38.8 Å². The summed E-state index contributed by atoms with van der Waals surface area (Å²) in [6.07, 6.45) is 5.31. The van der Waals surface area contributed by atoms with Crippen LogP contribution in [0.25, 0.3) is 0 Å². The van der Waals surface area contributed by atoms with Crippen molar-refractivity contribution < 1.29 is 9.90 Å². The summed E-state index contributed by atoms with van der Waals surface area (Å²) in [4.78, 5) is 12.6. The number of phenols is 1. The van der Waals surface area contributed by atoms with Crippen LogP contribution in [-0.4, -0.2) is 11.0 Å². The van der Waals surface area contributed by atoms with Gasteiger partial charge >= 0.3 is 0 Å². The standard InChI is InChI=1S/C17H25NO2/c1-13(2)11-17(8-3-4-9-17)16(20)18-12-14-6-5-7-15(19)10-14/h5-7,10,13,19H,3-4,8-9,11-12H2,1-2H3,(H,18,20). The summed E-state index contributed by atoms with van der Waals surface area (Å²) < 4.78 is 0. The minimum Gasteiger partial charge on any atom is -0.508 e. The van der Waals surface area contributed by atoms with Crippen LogP contribution in [0.5, 0.6) is 5.75 Å². The number of benzene rings is 1. The van der Waals surface area contributed by atoms with Crippen LogP contribution in [0.1, 0.15) is 51.5 Å². The number of hydrogen-bond acceptors (Lipinski definition) is 2. The lowest BCUT2D eigenvalue weighted by Gasteiger charge is -2.29. The molecule has 20 heavy (non-hydrogen) atoms. The lowest BCUT2D eigenvalue weighted by Crippen LogP contribution is -2.39. The van der Waals surface area contributed by atoms with E-state index in [1.54, 1.807) is 18.2 Å². The van der Waals surface area contributed by atoms with Gasteiger partial charge < -0.3 is 10.4 Å². The zero-order valence-corrected chi connectivity index (χ0v) is 12.5. The van der Waals surface area contributed by atoms with Gasteiger partial charge in [0.1, 0.15) is 5.75 Å². The van der Waals surface area contributed by atoms with Crippen molar-refractivity contribution >= 4 is 5.91 Å². The number of phenolic OH excluding ortho intramolecular Hbond substituents is 1. The van der Waals surface area contributed by atoms with E-state index in [4.69, 9.17) is 0 Å². The Balaban J connectivity index is 1.99. The summed E-state index contributed by atoms with van der Waals surface area (Å²) >= 11 is 0. The Labute approximate surface area is 121 Å². The third kappa shape index (κ3) is 3.53. The smallest absolute Gasteiger partial charge is 0.226 e. The van der Waals surface area contributed by atoms with Gasteiger partial charge in [-0.25, -0.2) is 0 Å². The Bertz CT molecular complexity index is 462. The van der Waals surface area contributed by atoms with E-state index in [0.717, 1.165) is 37.7 Å². The van der Waals surface area contributed by atoms with Crippen LogP contribution in [0, 0.1) is 11.3 Å². The highest BCUT2D eigenvalue weighted by Gasteiger charge is 2.41. The Hall–Kier alpha value is -1.51. The van der Waals surface area contributed by atoms with Crippen molar-refractivity contribution in [3.05, 3.63) is 29.8 Å². The monoisotopic (exact) mass is 275 g/mol. The minimum atomic E-state index is -0.162. The van der Waals surface area contributed by atoms with Gasteiger partial charge in [0.25, 0.3) is 0 Å². The largest absolute Gasteiger partial charge is 0.508 e. The molecule has 2 rings (SSSR count). The third-order valence-corrected chi connectivity index (χ3v) is 4.20. The summed E-state index contributed by atoms with van der Waals surface area (Å²) in [5, 5.41) is 12.5. The van der Waals surface area contributed by atoms with Gasteiger partial charge in [0, 0.05) is 12.0 Å². The fourth-order valence-corrected chi connectivity index (χ4v) is 3.39. The Morgan fingerprint density at radius 3 is 2.65 bits per heavy atom. The second kappa shape index (κ2) is 6.29. The van der Waals surface area contributed by atoms with Crippen molar-refractivity contribution in [3.63, 3.8) is 0 Å². The topological polar surface area (TPSA) is 49.3 Å². The molecule has 0 aliphatic heterocycles. The molecule has 110 valence electrons. The predicted molar refractivity (Wildman–Crippen MR) is 80.3 cm³/mol. The molecule has 0 radical (unpaired) electrons. The molecule has 1 amide bonds. The van der Waals surface area contributed by atoms with Gasteiger partial charge in [0.2, 0.25) is 5.91 Å². The quantitative estimate of drug-likeness (QED) is 0.862. The van der Waals surface area contributed by atoms with Gasteiger partial charge in [0.05, 0.1) is 0 Å². The molecule has 0 saturated heterocycles. The lowest BCUT2D eigenvalue weighted by atomic mass is 9.77. The predicted octanol–water partition coefficient (Wildman–Crippen LogP) is 3.61. The van der Waals surface area contributed by atoms with Crippen LogP contribution >= 0.6 is 0 Å². The summed E-state index contributed by atoms with van der Waals surface area (Å²) in [6.45, 7) is 4.86. The first-order chi connectivity index (χ1) is 9.52. The van der Waals surface area contributed by atoms with E-state index >= 15 is 0 Å². The number of aromatic hydroxyl groups is 1. The first kappa shape index (κ1) is 14.9. The highest BCUT2D eigenvalue weighted by Crippen LogP contribution is 2.43. The Morgan fingerprint density at radius 2 is 2.05 bits per heavy atom. The molecule has 1 aromatic carbocycles. The molecular weight excluding hydrogens is 250 g/mol. The number of carbonyl (C=O) groups excluding carboxylic acids is 1. The van der Waals surface area contributed by atoms with E-state index in [2.05, 4.69) is 19.2 Å². The van der Waals surface area contributed by atoms with E-state index in [-0.39, 0.29) is 17.1 Å². The normalized spacial score (nSPS) is 17.4. The SMILES string of the molecule is CC(C)CC1(C(=O)NCc2cccc(O)c2)CCCC1. The van der Waals surface area contributed by atoms with Crippen molar-refractivity contribution in [2.24, 2.45) is 11.3 Å². The average molecular weight is 275 g/mol.